The molecule has 1 fully saturated rings. The van der Waals surface area contributed by atoms with Crippen molar-refractivity contribution in [3.63, 3.8) is 0 Å². The van der Waals surface area contributed by atoms with E-state index in [-0.39, 0.29) is 11.9 Å². The fraction of sp³-hybridized carbons (Fsp3) is 0.611. The van der Waals surface area contributed by atoms with E-state index >= 15 is 0 Å². The Morgan fingerprint density at radius 3 is 2.76 bits per heavy atom. The number of anilines is 1. The lowest BCUT2D eigenvalue weighted by molar-refractivity contribution is -0.122. The Bertz CT molecular complexity index is 736. The number of aromatic nitrogens is 3. The Hall–Kier alpha value is -2.15. The highest BCUT2D eigenvalue weighted by atomic mass is 16.5. The fourth-order valence-corrected chi connectivity index (χ4v) is 3.59. The van der Waals surface area contributed by atoms with Crippen LogP contribution in [0.15, 0.2) is 16.7 Å². The van der Waals surface area contributed by atoms with Gasteiger partial charge in [-0.15, -0.1) is 0 Å². The van der Waals surface area contributed by atoms with Crippen molar-refractivity contribution in [3.05, 3.63) is 29.2 Å². The number of hydrogen-bond acceptors (Lipinski definition) is 5. The number of nitrogens with zero attached hydrogens (tertiary/aromatic N) is 4. The third-order valence-electron chi connectivity index (χ3n) is 4.91. The summed E-state index contributed by atoms with van der Waals surface area (Å²) in [6, 6.07) is 3.90. The van der Waals surface area contributed by atoms with Gasteiger partial charge in [0.25, 0.3) is 0 Å². The average Bonchev–Trinajstić information content (AvgIpc) is 3.12. The Morgan fingerprint density at radius 2 is 2.12 bits per heavy atom. The smallest absolute Gasteiger partial charge is 0.243 e. The predicted octanol–water partition coefficient (Wildman–Crippen LogP) is 2.68. The lowest BCUT2D eigenvalue weighted by atomic mass is 9.99. The van der Waals surface area contributed by atoms with Gasteiger partial charge in [0.1, 0.15) is 0 Å². The van der Waals surface area contributed by atoms with E-state index in [0.29, 0.717) is 11.9 Å². The number of aryl methyl sites for hydroxylation is 3. The highest BCUT2D eigenvalue weighted by Gasteiger charge is 2.31. The van der Waals surface area contributed by atoms with Crippen LogP contribution in [0.3, 0.4) is 0 Å². The van der Waals surface area contributed by atoms with Crippen molar-refractivity contribution in [1.82, 2.24) is 19.8 Å². The van der Waals surface area contributed by atoms with Crippen molar-refractivity contribution < 1.29 is 9.32 Å². The van der Waals surface area contributed by atoms with E-state index in [2.05, 4.69) is 38.1 Å². The first kappa shape index (κ1) is 17.7. The van der Waals surface area contributed by atoms with Crippen LogP contribution in [-0.4, -0.2) is 44.4 Å². The molecule has 0 saturated carbocycles. The molecule has 2 aromatic rings. The molecule has 3 heterocycles. The number of piperidine rings is 1. The Morgan fingerprint density at radius 1 is 1.32 bits per heavy atom. The molecule has 1 amide bonds. The molecular formula is C18H27N5O2. The zero-order valence-corrected chi connectivity index (χ0v) is 15.5. The summed E-state index contributed by atoms with van der Waals surface area (Å²) in [5, 5.41) is 11.2. The molecular weight excluding hydrogens is 318 g/mol. The van der Waals surface area contributed by atoms with Crippen LogP contribution in [0.2, 0.25) is 0 Å². The van der Waals surface area contributed by atoms with Crippen LogP contribution in [0.4, 0.5) is 5.88 Å². The van der Waals surface area contributed by atoms with E-state index in [1.807, 2.05) is 20.8 Å². The van der Waals surface area contributed by atoms with E-state index in [1.165, 1.54) is 6.42 Å². The predicted molar refractivity (Wildman–Crippen MR) is 95.4 cm³/mol. The van der Waals surface area contributed by atoms with Gasteiger partial charge < -0.3 is 4.52 Å². The number of carbonyl (C=O) groups excluding carboxylic acids is 1. The first-order valence-electron chi connectivity index (χ1n) is 8.95. The van der Waals surface area contributed by atoms with Crippen molar-refractivity contribution in [3.8, 4) is 0 Å². The normalized spacial score (nSPS) is 19.8. The van der Waals surface area contributed by atoms with Crippen LogP contribution >= 0.6 is 0 Å². The number of rotatable bonds is 5. The van der Waals surface area contributed by atoms with Crippen LogP contribution in [0.25, 0.3) is 0 Å². The number of hydrogen-bond donors (Lipinski definition) is 1. The minimum atomic E-state index is -0.229. The zero-order valence-electron chi connectivity index (χ0n) is 15.5. The van der Waals surface area contributed by atoms with Crippen LogP contribution in [0, 0.1) is 20.8 Å². The number of amides is 1. The molecule has 7 nitrogen and oxygen atoms in total. The molecule has 0 aromatic carbocycles. The van der Waals surface area contributed by atoms with Gasteiger partial charge in [-0.2, -0.15) is 5.10 Å². The zero-order chi connectivity index (χ0) is 18.0. The maximum Gasteiger partial charge on any atom is 0.243 e. The molecule has 136 valence electrons. The first-order chi connectivity index (χ1) is 11.9. The molecule has 0 bridgehead atoms. The highest BCUT2D eigenvalue weighted by Crippen LogP contribution is 2.22. The third kappa shape index (κ3) is 4.10. The first-order valence-corrected chi connectivity index (χ1v) is 8.95. The summed E-state index contributed by atoms with van der Waals surface area (Å²) in [4.78, 5) is 14.9. The van der Waals surface area contributed by atoms with E-state index < -0.39 is 0 Å². The second kappa shape index (κ2) is 7.39. The number of nitrogens with one attached hydrogen (secondary N) is 1. The Kier molecular flexibility index (Phi) is 5.22. The lowest BCUT2D eigenvalue weighted by Crippen LogP contribution is -2.51. The number of carbonyl (C=O) groups is 1. The van der Waals surface area contributed by atoms with Crippen LogP contribution < -0.4 is 5.32 Å². The van der Waals surface area contributed by atoms with Crippen molar-refractivity contribution in [1.29, 1.82) is 0 Å². The summed E-state index contributed by atoms with van der Waals surface area (Å²) < 4.78 is 7.16. The van der Waals surface area contributed by atoms with Gasteiger partial charge in [0.05, 0.1) is 24.0 Å². The monoisotopic (exact) mass is 345 g/mol. The van der Waals surface area contributed by atoms with Gasteiger partial charge in [-0.3, -0.25) is 19.7 Å². The molecule has 0 spiro atoms. The van der Waals surface area contributed by atoms with Gasteiger partial charge in [0.15, 0.2) is 0 Å². The standard InChI is InChI=1S/C18H27N5O2/c1-12-9-14(3)23(20-12)11-16-7-5-6-8-22(16)15(4)18(24)19-17-10-13(2)21-25-17/h9-10,15-16H,5-8,11H2,1-4H3,(H,19,24)/t15-,16+/m1/s1. The van der Waals surface area contributed by atoms with Gasteiger partial charge in [-0.05, 0) is 53.1 Å². The highest BCUT2D eigenvalue weighted by molar-refractivity contribution is 5.93. The van der Waals surface area contributed by atoms with Crippen molar-refractivity contribution >= 4 is 11.8 Å². The van der Waals surface area contributed by atoms with Crippen LogP contribution in [0.1, 0.15) is 43.3 Å². The van der Waals surface area contributed by atoms with Crippen LogP contribution in [0.5, 0.6) is 0 Å². The average molecular weight is 345 g/mol. The van der Waals surface area contributed by atoms with E-state index in [1.54, 1.807) is 6.07 Å². The van der Waals surface area contributed by atoms with Crippen molar-refractivity contribution in [2.75, 3.05) is 11.9 Å². The van der Waals surface area contributed by atoms with Gasteiger partial charge in [0.2, 0.25) is 11.8 Å². The molecule has 7 heteroatoms. The Labute approximate surface area is 148 Å². The molecule has 3 rings (SSSR count). The van der Waals surface area contributed by atoms with Crippen molar-refractivity contribution in [2.45, 2.75) is 65.6 Å². The summed E-state index contributed by atoms with van der Waals surface area (Å²) in [6.45, 7) is 9.62. The molecule has 1 aliphatic heterocycles. The topological polar surface area (TPSA) is 76.2 Å². The molecule has 0 unspecified atom stereocenters. The molecule has 1 saturated heterocycles. The summed E-state index contributed by atoms with van der Waals surface area (Å²) in [5.41, 5.74) is 2.95. The molecule has 25 heavy (non-hydrogen) atoms. The fourth-order valence-electron chi connectivity index (χ4n) is 3.59. The second-order valence-corrected chi connectivity index (χ2v) is 6.99. The summed E-state index contributed by atoms with van der Waals surface area (Å²) in [6.07, 6.45) is 3.39. The molecule has 2 atom stereocenters. The van der Waals surface area contributed by atoms with Gasteiger partial charge >= 0.3 is 0 Å². The van der Waals surface area contributed by atoms with Gasteiger partial charge in [-0.25, -0.2) is 0 Å². The van der Waals surface area contributed by atoms with E-state index in [9.17, 15) is 4.79 Å². The quantitative estimate of drug-likeness (QED) is 0.901. The Balaban J connectivity index is 1.68. The van der Waals surface area contributed by atoms with Crippen molar-refractivity contribution in [2.24, 2.45) is 0 Å². The van der Waals surface area contributed by atoms with Gasteiger partial charge in [0, 0.05) is 17.8 Å². The molecule has 0 radical (unpaired) electrons. The van der Waals surface area contributed by atoms with Gasteiger partial charge in [-0.1, -0.05) is 11.6 Å². The molecule has 0 aliphatic carbocycles. The minimum Gasteiger partial charge on any atom is -0.338 e. The number of likely N-dealkylation sites (tertiary alicyclic amines) is 1. The molecule has 1 N–H and O–H groups in total. The van der Waals surface area contributed by atoms with Crippen LogP contribution in [-0.2, 0) is 11.3 Å². The maximum atomic E-state index is 12.6. The lowest BCUT2D eigenvalue weighted by Gasteiger charge is -2.39. The largest absolute Gasteiger partial charge is 0.338 e. The maximum absolute atomic E-state index is 12.6. The van der Waals surface area contributed by atoms with E-state index in [0.717, 1.165) is 43.0 Å². The van der Waals surface area contributed by atoms with E-state index in [4.69, 9.17) is 4.52 Å². The molecule has 1 aliphatic rings. The minimum absolute atomic E-state index is 0.0589. The SMILES string of the molecule is Cc1cc(NC(=O)[C@@H](C)N2CCCC[C@H]2Cn2nc(C)cc2C)on1. The summed E-state index contributed by atoms with van der Waals surface area (Å²) in [5.74, 6) is 0.345. The summed E-state index contributed by atoms with van der Waals surface area (Å²) >= 11 is 0. The second-order valence-electron chi connectivity index (χ2n) is 6.99. The third-order valence-corrected chi connectivity index (χ3v) is 4.91. The molecule has 2 aromatic heterocycles. The summed E-state index contributed by atoms with van der Waals surface area (Å²) in [7, 11) is 0.